The molecule has 3 amide bonds. The van der Waals surface area contributed by atoms with E-state index in [1.54, 1.807) is 19.2 Å². The number of nitrogens with one attached hydrogen (secondary N) is 1. The van der Waals surface area contributed by atoms with Crippen molar-refractivity contribution in [3.63, 3.8) is 0 Å². The molecular weight excluding hydrogens is 378 g/mol. The summed E-state index contributed by atoms with van der Waals surface area (Å²) in [6.45, 7) is 3.24. The number of hydrogen-bond donors (Lipinski definition) is 2. The lowest BCUT2D eigenvalue weighted by molar-refractivity contribution is -0.123. The smallest absolute Gasteiger partial charge is 0.338 e. The van der Waals surface area contributed by atoms with Crippen molar-refractivity contribution in [1.29, 1.82) is 0 Å². The summed E-state index contributed by atoms with van der Waals surface area (Å²) in [5, 5.41) is 1.74. The summed E-state index contributed by atoms with van der Waals surface area (Å²) in [4.78, 5) is 33.8. The molecule has 3 N–H and O–H groups in total. The van der Waals surface area contributed by atoms with Gasteiger partial charge in [0, 0.05) is 13.1 Å². The molecule has 2 atom stereocenters. The minimum absolute atomic E-state index is 0.0442. The van der Waals surface area contributed by atoms with Gasteiger partial charge in [-0.25, -0.2) is 18.0 Å². The summed E-state index contributed by atoms with van der Waals surface area (Å²) in [6.07, 6.45) is -0.499. The van der Waals surface area contributed by atoms with E-state index in [0.29, 0.717) is 0 Å². The number of esters is 1. The number of carbonyl (C=O) groups is 3. The summed E-state index contributed by atoms with van der Waals surface area (Å²) in [5.41, 5.74) is 4.73. The van der Waals surface area contributed by atoms with Crippen LogP contribution in [0.1, 0.15) is 24.2 Å². The minimum atomic E-state index is -3.83. The fraction of sp³-hybridized carbons (Fsp3) is 0.438. The standard InChI is InChI=1S/C16H21N3O7S/c1-10-7-19(8-11(2)26-10)27(23,24)13-5-3-4-12(6-13)15(21)25-9-14(20)18-16(17)22/h3-6,10-11H,7-9H2,1-2H3,(H3,17,18,20,22). The molecule has 2 unspecified atom stereocenters. The van der Waals surface area contributed by atoms with Crippen LogP contribution >= 0.6 is 0 Å². The maximum absolute atomic E-state index is 12.8. The van der Waals surface area contributed by atoms with Crippen molar-refractivity contribution in [1.82, 2.24) is 9.62 Å². The number of urea groups is 1. The fourth-order valence-corrected chi connectivity index (χ4v) is 4.28. The molecule has 0 aliphatic carbocycles. The summed E-state index contributed by atoms with van der Waals surface area (Å²) < 4.78 is 37.3. The highest BCUT2D eigenvalue weighted by atomic mass is 32.2. The SMILES string of the molecule is CC1CN(S(=O)(=O)c2cccc(C(=O)OCC(=O)NC(N)=O)c2)CC(C)O1. The molecule has 0 radical (unpaired) electrons. The number of amides is 3. The summed E-state index contributed by atoms with van der Waals surface area (Å²) in [6, 6.07) is 4.24. The molecule has 1 saturated heterocycles. The van der Waals surface area contributed by atoms with Gasteiger partial charge in [0.25, 0.3) is 5.91 Å². The zero-order valence-electron chi connectivity index (χ0n) is 14.9. The topological polar surface area (TPSA) is 145 Å². The van der Waals surface area contributed by atoms with Gasteiger partial charge in [-0.3, -0.25) is 10.1 Å². The molecule has 0 saturated carbocycles. The number of carbonyl (C=O) groups excluding carboxylic acids is 3. The summed E-state index contributed by atoms with van der Waals surface area (Å²) >= 11 is 0. The number of hydrogen-bond acceptors (Lipinski definition) is 7. The molecule has 27 heavy (non-hydrogen) atoms. The van der Waals surface area contributed by atoms with Gasteiger partial charge in [-0.15, -0.1) is 0 Å². The van der Waals surface area contributed by atoms with Crippen molar-refractivity contribution in [2.45, 2.75) is 31.0 Å². The second kappa shape index (κ2) is 8.46. The maximum Gasteiger partial charge on any atom is 0.338 e. The zero-order chi connectivity index (χ0) is 20.2. The lowest BCUT2D eigenvalue weighted by atomic mass is 10.2. The Labute approximate surface area is 156 Å². The van der Waals surface area contributed by atoms with E-state index in [1.165, 1.54) is 28.6 Å². The van der Waals surface area contributed by atoms with Crippen LogP contribution < -0.4 is 11.1 Å². The van der Waals surface area contributed by atoms with Crippen molar-refractivity contribution in [3.8, 4) is 0 Å². The average Bonchev–Trinajstić information content (AvgIpc) is 2.58. The van der Waals surface area contributed by atoms with Gasteiger partial charge < -0.3 is 15.2 Å². The molecular formula is C16H21N3O7S. The number of sulfonamides is 1. The van der Waals surface area contributed by atoms with Gasteiger partial charge in [0.15, 0.2) is 6.61 Å². The monoisotopic (exact) mass is 399 g/mol. The van der Waals surface area contributed by atoms with E-state index < -0.39 is 34.5 Å². The Hall–Kier alpha value is -2.50. The molecule has 1 aliphatic rings. The molecule has 1 heterocycles. The highest BCUT2D eigenvalue weighted by Crippen LogP contribution is 2.22. The Bertz CT molecular complexity index is 830. The molecule has 148 valence electrons. The van der Waals surface area contributed by atoms with Crippen LogP contribution in [0.25, 0.3) is 0 Å². The van der Waals surface area contributed by atoms with E-state index >= 15 is 0 Å². The van der Waals surface area contributed by atoms with Crippen LogP contribution in [0.3, 0.4) is 0 Å². The quantitative estimate of drug-likeness (QED) is 0.654. The Kier molecular flexibility index (Phi) is 6.52. The van der Waals surface area contributed by atoms with Crippen LogP contribution in [0.5, 0.6) is 0 Å². The van der Waals surface area contributed by atoms with Crippen molar-refractivity contribution in [2.75, 3.05) is 19.7 Å². The lowest BCUT2D eigenvalue weighted by Crippen LogP contribution is -2.48. The van der Waals surface area contributed by atoms with E-state index in [2.05, 4.69) is 0 Å². The molecule has 1 aromatic carbocycles. The molecule has 0 spiro atoms. The zero-order valence-corrected chi connectivity index (χ0v) is 15.7. The number of rotatable bonds is 5. The first-order chi connectivity index (χ1) is 12.6. The second-order valence-corrected chi connectivity index (χ2v) is 8.03. The normalized spacial score (nSPS) is 20.7. The minimum Gasteiger partial charge on any atom is -0.452 e. The first-order valence-corrected chi connectivity index (χ1v) is 9.55. The Morgan fingerprint density at radius 1 is 1.26 bits per heavy atom. The van der Waals surface area contributed by atoms with Gasteiger partial charge in [-0.2, -0.15) is 4.31 Å². The number of imide groups is 1. The first-order valence-electron chi connectivity index (χ1n) is 8.11. The van der Waals surface area contributed by atoms with E-state index in [1.807, 2.05) is 0 Å². The van der Waals surface area contributed by atoms with E-state index in [0.717, 1.165) is 0 Å². The number of nitrogens with zero attached hydrogens (tertiary/aromatic N) is 1. The third-order valence-corrected chi connectivity index (χ3v) is 5.52. The number of primary amides is 1. The van der Waals surface area contributed by atoms with Gasteiger partial charge >= 0.3 is 12.0 Å². The third-order valence-electron chi connectivity index (χ3n) is 3.69. The predicted molar refractivity (Wildman–Crippen MR) is 93.2 cm³/mol. The second-order valence-electron chi connectivity index (χ2n) is 6.10. The van der Waals surface area contributed by atoms with Crippen molar-refractivity contribution < 1.29 is 32.3 Å². The van der Waals surface area contributed by atoms with Crippen LogP contribution in [0.15, 0.2) is 29.2 Å². The number of nitrogens with two attached hydrogens (primary N) is 1. The molecule has 11 heteroatoms. The molecule has 0 bridgehead atoms. The fourth-order valence-electron chi connectivity index (χ4n) is 2.65. The number of benzene rings is 1. The van der Waals surface area contributed by atoms with E-state index in [4.69, 9.17) is 15.2 Å². The molecule has 0 aromatic heterocycles. The predicted octanol–water partition coefficient (Wildman–Crippen LogP) is -0.164. The Balaban J connectivity index is 2.13. The van der Waals surface area contributed by atoms with Crippen LogP contribution in [-0.4, -0.2) is 62.5 Å². The van der Waals surface area contributed by atoms with Crippen LogP contribution in [-0.2, 0) is 24.3 Å². The van der Waals surface area contributed by atoms with Crippen molar-refractivity contribution >= 4 is 27.9 Å². The highest BCUT2D eigenvalue weighted by Gasteiger charge is 2.32. The van der Waals surface area contributed by atoms with Crippen LogP contribution in [0, 0.1) is 0 Å². The number of morpholine rings is 1. The first kappa shape index (κ1) is 20.8. The van der Waals surface area contributed by atoms with Gasteiger partial charge in [-0.05, 0) is 32.0 Å². The third kappa shape index (κ3) is 5.49. The highest BCUT2D eigenvalue weighted by molar-refractivity contribution is 7.89. The average molecular weight is 399 g/mol. The van der Waals surface area contributed by atoms with Gasteiger partial charge in [0.05, 0.1) is 22.7 Å². The maximum atomic E-state index is 12.8. The van der Waals surface area contributed by atoms with Gasteiger partial charge in [0.1, 0.15) is 0 Å². The van der Waals surface area contributed by atoms with Crippen molar-refractivity contribution in [3.05, 3.63) is 29.8 Å². The molecule has 1 aliphatic heterocycles. The van der Waals surface area contributed by atoms with Crippen LogP contribution in [0.2, 0.25) is 0 Å². The molecule has 2 rings (SSSR count). The Morgan fingerprint density at radius 3 is 2.48 bits per heavy atom. The largest absolute Gasteiger partial charge is 0.452 e. The van der Waals surface area contributed by atoms with Gasteiger partial charge in [0.2, 0.25) is 10.0 Å². The summed E-state index contributed by atoms with van der Waals surface area (Å²) in [5.74, 6) is -1.80. The Morgan fingerprint density at radius 2 is 1.89 bits per heavy atom. The van der Waals surface area contributed by atoms with Crippen molar-refractivity contribution in [2.24, 2.45) is 5.73 Å². The van der Waals surface area contributed by atoms with Crippen LogP contribution in [0.4, 0.5) is 4.79 Å². The van der Waals surface area contributed by atoms with E-state index in [-0.39, 0.29) is 35.8 Å². The number of ether oxygens (including phenoxy) is 2. The van der Waals surface area contributed by atoms with E-state index in [9.17, 15) is 22.8 Å². The summed E-state index contributed by atoms with van der Waals surface area (Å²) in [7, 11) is -3.83. The lowest BCUT2D eigenvalue weighted by Gasteiger charge is -2.34. The molecule has 1 aromatic rings. The van der Waals surface area contributed by atoms with Gasteiger partial charge in [-0.1, -0.05) is 6.07 Å². The molecule has 1 fully saturated rings. The molecule has 10 nitrogen and oxygen atoms in total.